The molecule has 0 radical (unpaired) electrons. The second kappa shape index (κ2) is 8.58. The molecular formula is C16H16BrFN2O4. The first-order valence-electron chi connectivity index (χ1n) is 7.38. The Bertz CT molecular complexity index is 733. The first-order chi connectivity index (χ1) is 11.5. The van der Waals surface area contributed by atoms with Gasteiger partial charge in [0.1, 0.15) is 12.1 Å². The van der Waals surface area contributed by atoms with Crippen LogP contribution in [0.1, 0.15) is 36.2 Å². The Balaban J connectivity index is 1.86. The van der Waals surface area contributed by atoms with Crippen molar-refractivity contribution in [2.45, 2.75) is 25.7 Å². The van der Waals surface area contributed by atoms with Crippen LogP contribution in [0.4, 0.5) is 4.39 Å². The van der Waals surface area contributed by atoms with Gasteiger partial charge in [0.25, 0.3) is 5.91 Å². The van der Waals surface area contributed by atoms with Gasteiger partial charge in [-0.25, -0.2) is 9.37 Å². The quantitative estimate of drug-likeness (QED) is 0.662. The number of carbonyl (C=O) groups excluding carboxylic acids is 1. The molecule has 1 heterocycles. The molecule has 6 nitrogen and oxygen atoms in total. The summed E-state index contributed by atoms with van der Waals surface area (Å²) in [5.41, 5.74) is 0.240. The Morgan fingerprint density at radius 3 is 2.79 bits per heavy atom. The van der Waals surface area contributed by atoms with E-state index in [4.69, 9.17) is 9.52 Å². The fourth-order valence-electron chi connectivity index (χ4n) is 2.04. The van der Waals surface area contributed by atoms with Gasteiger partial charge in [0.2, 0.25) is 5.89 Å². The summed E-state index contributed by atoms with van der Waals surface area (Å²) in [6.45, 7) is 0.410. The van der Waals surface area contributed by atoms with E-state index in [9.17, 15) is 14.0 Å². The molecule has 0 aliphatic rings. The predicted molar refractivity (Wildman–Crippen MR) is 88.0 cm³/mol. The molecule has 8 heteroatoms. The van der Waals surface area contributed by atoms with Gasteiger partial charge in [0, 0.05) is 17.4 Å². The topological polar surface area (TPSA) is 92.4 Å². The number of carboxylic acid groups (broad SMARTS) is 1. The van der Waals surface area contributed by atoms with Gasteiger partial charge in [-0.05, 0) is 31.0 Å². The average molecular weight is 399 g/mol. The number of nitrogens with one attached hydrogen (secondary N) is 1. The van der Waals surface area contributed by atoms with E-state index in [-0.39, 0.29) is 23.6 Å². The van der Waals surface area contributed by atoms with Gasteiger partial charge in [-0.1, -0.05) is 22.4 Å². The molecule has 0 spiro atoms. The van der Waals surface area contributed by atoms with Crippen molar-refractivity contribution in [3.63, 3.8) is 0 Å². The van der Waals surface area contributed by atoms with Gasteiger partial charge >= 0.3 is 5.97 Å². The standard InChI is InChI=1S/C16H16BrFN2O4/c17-10-5-6-11(12(18)8-10)16-20-13(9-24-16)15(23)19-7-3-1-2-4-14(21)22/h5-6,8-9H,1-4,7H2,(H,19,23)(H,21,22). The first-order valence-corrected chi connectivity index (χ1v) is 8.17. The minimum Gasteiger partial charge on any atom is -0.481 e. The van der Waals surface area contributed by atoms with E-state index in [1.807, 2.05) is 0 Å². The Morgan fingerprint density at radius 1 is 1.29 bits per heavy atom. The van der Waals surface area contributed by atoms with E-state index >= 15 is 0 Å². The zero-order valence-corrected chi connectivity index (χ0v) is 14.3. The third-order valence-electron chi connectivity index (χ3n) is 3.25. The summed E-state index contributed by atoms with van der Waals surface area (Å²) >= 11 is 3.16. The zero-order valence-electron chi connectivity index (χ0n) is 12.7. The van der Waals surface area contributed by atoms with Crippen LogP contribution in [0.2, 0.25) is 0 Å². The van der Waals surface area contributed by atoms with Crippen molar-refractivity contribution in [1.29, 1.82) is 0 Å². The minimum absolute atomic E-state index is 0.0339. The second-order valence-corrected chi connectivity index (χ2v) is 6.04. The van der Waals surface area contributed by atoms with Crippen LogP contribution >= 0.6 is 15.9 Å². The minimum atomic E-state index is -0.825. The maximum absolute atomic E-state index is 13.9. The van der Waals surface area contributed by atoms with Crippen LogP contribution < -0.4 is 5.32 Å². The molecule has 0 saturated heterocycles. The molecule has 128 valence electrons. The first kappa shape index (κ1) is 18.1. The number of halogens is 2. The smallest absolute Gasteiger partial charge is 0.303 e. The van der Waals surface area contributed by atoms with Crippen LogP contribution in [0.25, 0.3) is 11.5 Å². The fourth-order valence-corrected chi connectivity index (χ4v) is 2.37. The second-order valence-electron chi connectivity index (χ2n) is 5.12. The van der Waals surface area contributed by atoms with Crippen LogP contribution in [-0.4, -0.2) is 28.5 Å². The molecular weight excluding hydrogens is 383 g/mol. The van der Waals surface area contributed by atoms with Crippen LogP contribution in [0, 0.1) is 5.82 Å². The largest absolute Gasteiger partial charge is 0.481 e. The molecule has 0 unspecified atom stereocenters. The van der Waals surface area contributed by atoms with E-state index in [0.717, 1.165) is 0 Å². The van der Waals surface area contributed by atoms with Gasteiger partial charge in [0.15, 0.2) is 5.69 Å². The lowest BCUT2D eigenvalue weighted by Crippen LogP contribution is -2.24. The summed E-state index contributed by atoms with van der Waals surface area (Å²) in [5, 5.41) is 11.2. The molecule has 2 rings (SSSR count). The lowest BCUT2D eigenvalue weighted by molar-refractivity contribution is -0.137. The average Bonchev–Trinajstić information content (AvgIpc) is 3.00. The summed E-state index contributed by atoms with van der Waals surface area (Å²) in [7, 11) is 0. The number of oxazole rings is 1. The summed E-state index contributed by atoms with van der Waals surface area (Å²) in [4.78, 5) is 26.3. The van der Waals surface area contributed by atoms with E-state index in [0.29, 0.717) is 30.3 Å². The predicted octanol–water partition coefficient (Wildman–Crippen LogP) is 3.62. The molecule has 0 fully saturated rings. The highest BCUT2D eigenvalue weighted by Gasteiger charge is 2.15. The van der Waals surface area contributed by atoms with Crippen molar-refractivity contribution in [1.82, 2.24) is 10.3 Å². The van der Waals surface area contributed by atoms with E-state index < -0.39 is 17.7 Å². The van der Waals surface area contributed by atoms with E-state index in [1.54, 1.807) is 6.07 Å². The Hall–Kier alpha value is -2.22. The summed E-state index contributed by atoms with van der Waals surface area (Å²) < 4.78 is 19.6. The van der Waals surface area contributed by atoms with Crippen molar-refractivity contribution in [3.05, 3.63) is 40.4 Å². The monoisotopic (exact) mass is 398 g/mol. The van der Waals surface area contributed by atoms with Crippen molar-refractivity contribution >= 4 is 27.8 Å². The molecule has 2 N–H and O–H groups in total. The molecule has 24 heavy (non-hydrogen) atoms. The maximum Gasteiger partial charge on any atom is 0.303 e. The number of nitrogens with zero attached hydrogens (tertiary/aromatic N) is 1. The van der Waals surface area contributed by atoms with Gasteiger partial charge in [0.05, 0.1) is 5.56 Å². The highest BCUT2D eigenvalue weighted by atomic mass is 79.9. The number of rotatable bonds is 8. The summed E-state index contributed by atoms with van der Waals surface area (Å²) in [6, 6.07) is 4.45. The van der Waals surface area contributed by atoms with E-state index in [2.05, 4.69) is 26.2 Å². The number of carboxylic acids is 1. The Morgan fingerprint density at radius 2 is 2.08 bits per heavy atom. The number of carbonyl (C=O) groups is 2. The van der Waals surface area contributed by atoms with Crippen LogP contribution in [-0.2, 0) is 4.79 Å². The number of amides is 1. The van der Waals surface area contributed by atoms with Gasteiger partial charge in [-0.15, -0.1) is 0 Å². The van der Waals surface area contributed by atoms with Crippen LogP contribution in [0.5, 0.6) is 0 Å². The van der Waals surface area contributed by atoms with Gasteiger partial charge in [-0.2, -0.15) is 0 Å². The van der Waals surface area contributed by atoms with Gasteiger partial charge < -0.3 is 14.8 Å². The number of benzene rings is 1. The van der Waals surface area contributed by atoms with Gasteiger partial charge in [-0.3, -0.25) is 9.59 Å². The highest BCUT2D eigenvalue weighted by molar-refractivity contribution is 9.10. The lowest BCUT2D eigenvalue weighted by Gasteiger charge is -2.02. The SMILES string of the molecule is O=C(O)CCCCCNC(=O)c1coc(-c2ccc(Br)cc2F)n1. The number of unbranched alkanes of at least 4 members (excludes halogenated alkanes) is 2. The van der Waals surface area contributed by atoms with Crippen molar-refractivity contribution in [2.24, 2.45) is 0 Å². The third-order valence-corrected chi connectivity index (χ3v) is 3.74. The zero-order chi connectivity index (χ0) is 17.5. The van der Waals surface area contributed by atoms with Crippen LogP contribution in [0.3, 0.4) is 0 Å². The number of hydrogen-bond donors (Lipinski definition) is 2. The van der Waals surface area contributed by atoms with Crippen molar-refractivity contribution in [2.75, 3.05) is 6.54 Å². The molecule has 0 bridgehead atoms. The van der Waals surface area contributed by atoms with Crippen molar-refractivity contribution < 1.29 is 23.5 Å². The molecule has 0 atom stereocenters. The molecule has 1 aromatic carbocycles. The fraction of sp³-hybridized carbons (Fsp3) is 0.312. The summed E-state index contributed by atoms with van der Waals surface area (Å²) in [6.07, 6.45) is 3.25. The van der Waals surface area contributed by atoms with Crippen molar-refractivity contribution in [3.8, 4) is 11.5 Å². The molecule has 1 aromatic heterocycles. The number of aliphatic carboxylic acids is 1. The van der Waals surface area contributed by atoms with E-state index in [1.165, 1.54) is 18.4 Å². The normalized spacial score (nSPS) is 10.6. The number of hydrogen-bond acceptors (Lipinski definition) is 4. The molecule has 0 aliphatic heterocycles. The lowest BCUT2D eigenvalue weighted by atomic mass is 10.2. The Kier molecular flexibility index (Phi) is 6.48. The molecule has 1 amide bonds. The maximum atomic E-state index is 13.9. The van der Waals surface area contributed by atoms with Crippen LogP contribution in [0.15, 0.2) is 33.4 Å². The highest BCUT2D eigenvalue weighted by Crippen LogP contribution is 2.24. The molecule has 2 aromatic rings. The third kappa shape index (κ3) is 5.16. The molecule has 0 aliphatic carbocycles. The Labute approximate surface area is 146 Å². The molecule has 0 saturated carbocycles. The summed E-state index contributed by atoms with van der Waals surface area (Å²) in [5.74, 6) is -1.71. The number of aromatic nitrogens is 1.